The summed E-state index contributed by atoms with van der Waals surface area (Å²) in [7, 11) is 0. The predicted octanol–water partition coefficient (Wildman–Crippen LogP) is 4.18. The molecule has 2 atom stereocenters. The fourth-order valence-electron chi connectivity index (χ4n) is 2.82. The number of nitrogens with one attached hydrogen (secondary N) is 1. The molecule has 2 rings (SSSR count). The molecule has 1 fully saturated rings. The maximum absolute atomic E-state index is 3.71. The number of rotatable bonds is 4. The van der Waals surface area contributed by atoms with Crippen molar-refractivity contribution in [3.8, 4) is 0 Å². The predicted molar refractivity (Wildman–Crippen MR) is 86.7 cm³/mol. The number of benzene rings is 1. The number of hydrogen-bond acceptors (Lipinski definition) is 2. The van der Waals surface area contributed by atoms with E-state index < -0.39 is 0 Å². The van der Waals surface area contributed by atoms with Gasteiger partial charge in [-0.25, -0.2) is 0 Å². The zero-order chi connectivity index (χ0) is 13.8. The van der Waals surface area contributed by atoms with Gasteiger partial charge in [-0.3, -0.25) is 0 Å². The van der Waals surface area contributed by atoms with Gasteiger partial charge in [0.15, 0.2) is 0 Å². The van der Waals surface area contributed by atoms with Gasteiger partial charge in [0.2, 0.25) is 0 Å². The second kappa shape index (κ2) is 6.76. The Morgan fingerprint density at radius 2 is 2.16 bits per heavy atom. The largest absolute Gasteiger partial charge is 0.369 e. The molecule has 1 saturated heterocycles. The van der Waals surface area contributed by atoms with Crippen LogP contribution in [0.3, 0.4) is 0 Å². The van der Waals surface area contributed by atoms with Gasteiger partial charge < -0.3 is 10.2 Å². The molecule has 1 aliphatic heterocycles. The average Bonchev–Trinajstić information content (AvgIpc) is 2.40. The van der Waals surface area contributed by atoms with Gasteiger partial charge in [-0.2, -0.15) is 0 Å². The molecule has 1 N–H and O–H groups in total. The van der Waals surface area contributed by atoms with E-state index in [9.17, 15) is 0 Å². The Balaban J connectivity index is 2.14. The summed E-state index contributed by atoms with van der Waals surface area (Å²) in [6.45, 7) is 9.98. The zero-order valence-corrected chi connectivity index (χ0v) is 13.8. The fourth-order valence-corrected chi connectivity index (χ4v) is 3.32. The van der Waals surface area contributed by atoms with E-state index in [2.05, 4.69) is 65.1 Å². The molecule has 0 saturated carbocycles. The van der Waals surface area contributed by atoms with E-state index in [0.717, 1.165) is 19.0 Å². The number of anilines is 1. The summed E-state index contributed by atoms with van der Waals surface area (Å²) in [5.74, 6) is 0.786. The van der Waals surface area contributed by atoms with Crippen molar-refractivity contribution < 1.29 is 0 Å². The number of hydrogen-bond donors (Lipinski definition) is 1. The van der Waals surface area contributed by atoms with Crippen LogP contribution in [0.2, 0.25) is 0 Å². The van der Waals surface area contributed by atoms with E-state index >= 15 is 0 Å². The lowest BCUT2D eigenvalue weighted by Gasteiger charge is -2.39. The second-order valence-corrected chi connectivity index (χ2v) is 6.46. The minimum Gasteiger partial charge on any atom is -0.369 e. The quantitative estimate of drug-likeness (QED) is 0.893. The van der Waals surface area contributed by atoms with Crippen molar-refractivity contribution in [2.24, 2.45) is 5.92 Å². The molecule has 106 valence electrons. The molecule has 0 radical (unpaired) electrons. The molecule has 1 aromatic carbocycles. The summed E-state index contributed by atoms with van der Waals surface area (Å²) in [4.78, 5) is 2.55. The van der Waals surface area contributed by atoms with Gasteiger partial charge in [0.1, 0.15) is 0 Å². The first-order valence-corrected chi connectivity index (χ1v) is 8.18. The van der Waals surface area contributed by atoms with Gasteiger partial charge in [0.05, 0.1) is 0 Å². The number of nitrogens with zero attached hydrogens (tertiary/aromatic N) is 1. The van der Waals surface area contributed by atoms with E-state index in [4.69, 9.17) is 0 Å². The summed E-state index contributed by atoms with van der Waals surface area (Å²) < 4.78 is 1.22. The molecule has 2 nitrogen and oxygen atoms in total. The molecule has 0 aromatic heterocycles. The van der Waals surface area contributed by atoms with Crippen LogP contribution < -0.4 is 10.2 Å². The molecule has 0 aliphatic carbocycles. The molecule has 1 aliphatic rings. The summed E-state index contributed by atoms with van der Waals surface area (Å²) in [6, 6.07) is 7.43. The Labute approximate surface area is 125 Å². The summed E-state index contributed by atoms with van der Waals surface area (Å²) >= 11 is 3.71. The van der Waals surface area contributed by atoms with Gasteiger partial charge in [0.25, 0.3) is 0 Å². The van der Waals surface area contributed by atoms with Crippen LogP contribution in [0.25, 0.3) is 0 Å². The summed E-state index contributed by atoms with van der Waals surface area (Å²) in [6.07, 6.45) is 2.67. The van der Waals surface area contributed by atoms with Crippen molar-refractivity contribution in [3.63, 3.8) is 0 Å². The summed E-state index contributed by atoms with van der Waals surface area (Å²) in [5, 5.41) is 3.38. The van der Waals surface area contributed by atoms with Crippen LogP contribution in [0.1, 0.15) is 39.2 Å². The van der Waals surface area contributed by atoms with Gasteiger partial charge in [-0.1, -0.05) is 35.8 Å². The Bertz CT molecular complexity index is 419. The molecular weight excluding hydrogens is 300 g/mol. The Hall–Kier alpha value is -0.540. The van der Waals surface area contributed by atoms with Crippen molar-refractivity contribution in [1.82, 2.24) is 5.32 Å². The second-order valence-electron chi connectivity index (χ2n) is 5.61. The average molecular weight is 325 g/mol. The van der Waals surface area contributed by atoms with Crippen LogP contribution in [0.15, 0.2) is 22.7 Å². The Kier molecular flexibility index (Phi) is 5.28. The highest BCUT2D eigenvalue weighted by atomic mass is 79.9. The zero-order valence-electron chi connectivity index (χ0n) is 12.2. The SMILES string of the molecule is CCNCc1ccc(N2CCCC(C)C2C)cc1Br. The first-order valence-electron chi connectivity index (χ1n) is 7.39. The third-order valence-corrected chi connectivity index (χ3v) is 5.05. The number of piperidine rings is 1. The molecule has 0 spiro atoms. The third kappa shape index (κ3) is 3.51. The highest BCUT2D eigenvalue weighted by Crippen LogP contribution is 2.31. The van der Waals surface area contributed by atoms with Crippen LogP contribution in [-0.2, 0) is 6.54 Å². The molecule has 1 aromatic rings. The van der Waals surface area contributed by atoms with Crippen LogP contribution >= 0.6 is 15.9 Å². The maximum atomic E-state index is 3.71. The topological polar surface area (TPSA) is 15.3 Å². The van der Waals surface area contributed by atoms with Crippen molar-refractivity contribution in [2.45, 2.75) is 46.2 Å². The van der Waals surface area contributed by atoms with E-state index in [1.54, 1.807) is 0 Å². The number of halogens is 1. The standard InChI is InChI=1S/C16H25BrN2/c1-4-18-11-14-7-8-15(10-16(14)17)19-9-5-6-12(2)13(19)3/h7-8,10,12-13,18H,4-6,9,11H2,1-3H3. The first-order chi connectivity index (χ1) is 9.13. The van der Waals surface area contributed by atoms with E-state index in [1.807, 2.05) is 0 Å². The monoisotopic (exact) mass is 324 g/mol. The van der Waals surface area contributed by atoms with Crippen molar-refractivity contribution >= 4 is 21.6 Å². The normalized spacial score (nSPS) is 23.7. The maximum Gasteiger partial charge on any atom is 0.0380 e. The molecule has 3 heteroatoms. The van der Waals surface area contributed by atoms with Crippen LogP contribution in [-0.4, -0.2) is 19.1 Å². The van der Waals surface area contributed by atoms with Gasteiger partial charge >= 0.3 is 0 Å². The lowest BCUT2D eigenvalue weighted by Crippen LogP contribution is -2.42. The minimum atomic E-state index is 0.639. The third-order valence-electron chi connectivity index (χ3n) is 4.31. The molecule has 2 unspecified atom stereocenters. The van der Waals surface area contributed by atoms with E-state index in [-0.39, 0.29) is 0 Å². The highest BCUT2D eigenvalue weighted by Gasteiger charge is 2.24. The molecule has 19 heavy (non-hydrogen) atoms. The summed E-state index contributed by atoms with van der Waals surface area (Å²) in [5.41, 5.74) is 2.69. The van der Waals surface area contributed by atoms with Crippen molar-refractivity contribution in [1.29, 1.82) is 0 Å². The van der Waals surface area contributed by atoms with Gasteiger partial charge in [-0.05, 0) is 49.9 Å². The van der Waals surface area contributed by atoms with Crippen LogP contribution in [0.4, 0.5) is 5.69 Å². The highest BCUT2D eigenvalue weighted by molar-refractivity contribution is 9.10. The van der Waals surface area contributed by atoms with Crippen molar-refractivity contribution in [2.75, 3.05) is 18.0 Å². The van der Waals surface area contributed by atoms with Gasteiger partial charge in [-0.15, -0.1) is 0 Å². The molecule has 1 heterocycles. The first kappa shape index (κ1) is 14.9. The molecular formula is C16H25BrN2. The van der Waals surface area contributed by atoms with Crippen LogP contribution in [0.5, 0.6) is 0 Å². The van der Waals surface area contributed by atoms with E-state index in [0.29, 0.717) is 6.04 Å². The fraction of sp³-hybridized carbons (Fsp3) is 0.625. The minimum absolute atomic E-state index is 0.639. The van der Waals surface area contributed by atoms with E-state index in [1.165, 1.54) is 35.1 Å². The lowest BCUT2D eigenvalue weighted by molar-refractivity contribution is 0.363. The van der Waals surface area contributed by atoms with Crippen LogP contribution in [0, 0.1) is 5.92 Å². The smallest absolute Gasteiger partial charge is 0.0380 e. The molecule has 0 bridgehead atoms. The Morgan fingerprint density at radius 3 is 2.84 bits per heavy atom. The lowest BCUT2D eigenvalue weighted by atomic mass is 9.91. The van der Waals surface area contributed by atoms with Gasteiger partial charge in [0, 0.05) is 29.3 Å². The Morgan fingerprint density at radius 1 is 1.37 bits per heavy atom. The van der Waals surface area contributed by atoms with Crippen molar-refractivity contribution in [3.05, 3.63) is 28.2 Å². The molecule has 0 amide bonds.